The van der Waals surface area contributed by atoms with Gasteiger partial charge in [0.25, 0.3) is 0 Å². The molecule has 0 aliphatic carbocycles. The highest BCUT2D eigenvalue weighted by molar-refractivity contribution is 7.99. The molecule has 0 saturated heterocycles. The molecule has 0 spiro atoms. The minimum Gasteiger partial charge on any atom is -0.491 e. The van der Waals surface area contributed by atoms with E-state index < -0.39 is 0 Å². The molecule has 0 radical (unpaired) electrons. The number of carbonyl (C=O) groups is 1. The molecule has 1 amide bonds. The molecule has 0 unspecified atom stereocenters. The van der Waals surface area contributed by atoms with Crippen molar-refractivity contribution in [2.24, 2.45) is 0 Å². The minimum absolute atomic E-state index is 0.147. The average molecular weight is 272 g/mol. The summed E-state index contributed by atoms with van der Waals surface area (Å²) in [6.07, 6.45) is 1.93. The Labute approximate surface area is 110 Å². The van der Waals surface area contributed by atoms with E-state index in [0.29, 0.717) is 30.5 Å². The summed E-state index contributed by atoms with van der Waals surface area (Å²) in [5.74, 6) is 1.48. The van der Waals surface area contributed by atoms with E-state index in [1.165, 1.54) is 11.8 Å². The fourth-order valence-corrected chi connectivity index (χ4v) is 2.41. The van der Waals surface area contributed by atoms with Crippen molar-refractivity contribution in [2.45, 2.75) is 6.54 Å². The van der Waals surface area contributed by atoms with E-state index in [9.17, 15) is 4.79 Å². The lowest BCUT2D eigenvalue weighted by Crippen LogP contribution is -2.33. The fourth-order valence-electron chi connectivity index (χ4n) is 1.79. The zero-order chi connectivity index (χ0) is 12.3. The Morgan fingerprint density at radius 2 is 2.41 bits per heavy atom. The second kappa shape index (κ2) is 5.65. The number of fused-ring (bicyclic) bond motifs is 1. The molecule has 92 valence electrons. The van der Waals surface area contributed by atoms with Crippen molar-refractivity contribution >= 4 is 29.3 Å². The summed E-state index contributed by atoms with van der Waals surface area (Å²) in [6.45, 7) is 1.75. The summed E-state index contributed by atoms with van der Waals surface area (Å²) < 4.78 is 5.60. The van der Waals surface area contributed by atoms with E-state index in [1.54, 1.807) is 6.07 Å². The van der Waals surface area contributed by atoms with Crippen LogP contribution in [0.3, 0.4) is 0 Å². The minimum atomic E-state index is 0.147. The molecule has 1 aliphatic heterocycles. The number of halogens is 1. The monoisotopic (exact) mass is 271 g/mol. The number of ether oxygens (including phenoxy) is 1. The van der Waals surface area contributed by atoms with Gasteiger partial charge in [0.05, 0.1) is 12.3 Å². The van der Waals surface area contributed by atoms with Gasteiger partial charge in [-0.2, -0.15) is 11.8 Å². The maximum atomic E-state index is 11.9. The van der Waals surface area contributed by atoms with Crippen LogP contribution in [-0.4, -0.2) is 36.0 Å². The van der Waals surface area contributed by atoms with Gasteiger partial charge in [0.2, 0.25) is 5.91 Å². The summed E-state index contributed by atoms with van der Waals surface area (Å²) in [6, 6.07) is 5.53. The van der Waals surface area contributed by atoms with Gasteiger partial charge in [-0.1, -0.05) is 11.6 Å². The molecule has 2 rings (SSSR count). The molecule has 1 aliphatic rings. The Hall–Kier alpha value is -0.870. The standard InChI is InChI=1S/C12H14ClNO2S/c1-17-8-12(15)14-4-5-16-11-3-2-10(13)6-9(11)7-14/h2-3,6H,4-5,7-8H2,1H3. The largest absolute Gasteiger partial charge is 0.491 e. The van der Waals surface area contributed by atoms with Crippen molar-refractivity contribution < 1.29 is 9.53 Å². The lowest BCUT2D eigenvalue weighted by Gasteiger charge is -2.19. The number of thioether (sulfide) groups is 1. The van der Waals surface area contributed by atoms with Gasteiger partial charge in [0, 0.05) is 17.1 Å². The van der Waals surface area contributed by atoms with E-state index >= 15 is 0 Å². The Morgan fingerprint density at radius 1 is 1.59 bits per heavy atom. The van der Waals surface area contributed by atoms with E-state index in [2.05, 4.69) is 0 Å². The van der Waals surface area contributed by atoms with Gasteiger partial charge in [0.15, 0.2) is 0 Å². The predicted molar refractivity (Wildman–Crippen MR) is 70.7 cm³/mol. The van der Waals surface area contributed by atoms with Gasteiger partial charge < -0.3 is 9.64 Å². The third kappa shape index (κ3) is 3.07. The second-order valence-corrected chi connectivity index (χ2v) is 5.15. The molecule has 0 N–H and O–H groups in total. The zero-order valence-electron chi connectivity index (χ0n) is 9.61. The van der Waals surface area contributed by atoms with Crippen molar-refractivity contribution in [1.29, 1.82) is 0 Å². The SMILES string of the molecule is CSCC(=O)N1CCOc2ccc(Cl)cc2C1. The zero-order valence-corrected chi connectivity index (χ0v) is 11.2. The van der Waals surface area contributed by atoms with Crippen LogP contribution in [0.25, 0.3) is 0 Å². The van der Waals surface area contributed by atoms with Crippen molar-refractivity contribution in [3.63, 3.8) is 0 Å². The van der Waals surface area contributed by atoms with E-state index in [1.807, 2.05) is 23.3 Å². The van der Waals surface area contributed by atoms with Gasteiger partial charge in [-0.25, -0.2) is 0 Å². The van der Waals surface area contributed by atoms with Gasteiger partial charge in [0.1, 0.15) is 12.4 Å². The van der Waals surface area contributed by atoms with E-state index in [-0.39, 0.29) is 5.91 Å². The summed E-state index contributed by atoms with van der Waals surface area (Å²) in [7, 11) is 0. The van der Waals surface area contributed by atoms with Gasteiger partial charge in [-0.15, -0.1) is 0 Å². The highest BCUT2D eigenvalue weighted by atomic mass is 35.5. The predicted octanol–water partition coefficient (Wildman–Crippen LogP) is 2.42. The molecule has 5 heteroatoms. The maximum Gasteiger partial charge on any atom is 0.232 e. The number of amides is 1. The highest BCUT2D eigenvalue weighted by Gasteiger charge is 2.19. The Bertz CT molecular complexity index is 425. The van der Waals surface area contributed by atoms with Crippen molar-refractivity contribution in [2.75, 3.05) is 25.2 Å². The van der Waals surface area contributed by atoms with Crippen LogP contribution >= 0.6 is 23.4 Å². The third-order valence-corrected chi connectivity index (χ3v) is 3.39. The van der Waals surface area contributed by atoms with Gasteiger partial charge in [-0.05, 0) is 24.5 Å². The molecule has 0 fully saturated rings. The normalized spacial score (nSPS) is 14.8. The molecule has 1 aromatic rings. The number of carbonyl (C=O) groups excluding carboxylic acids is 1. The molecule has 0 bridgehead atoms. The third-order valence-electron chi connectivity index (χ3n) is 2.62. The quantitative estimate of drug-likeness (QED) is 0.827. The lowest BCUT2D eigenvalue weighted by atomic mass is 10.2. The molecule has 0 saturated carbocycles. The first kappa shape index (κ1) is 12.6. The van der Waals surface area contributed by atoms with Crippen LogP contribution in [0.1, 0.15) is 5.56 Å². The van der Waals surface area contributed by atoms with Crippen LogP contribution in [0.2, 0.25) is 5.02 Å². The van der Waals surface area contributed by atoms with Crippen LogP contribution in [0.15, 0.2) is 18.2 Å². The Balaban J connectivity index is 2.18. The summed E-state index contributed by atoms with van der Waals surface area (Å²) in [4.78, 5) is 13.7. The first-order chi connectivity index (χ1) is 8.20. The van der Waals surface area contributed by atoms with Gasteiger partial charge in [-0.3, -0.25) is 4.79 Å². The van der Waals surface area contributed by atoms with Crippen LogP contribution in [-0.2, 0) is 11.3 Å². The van der Waals surface area contributed by atoms with E-state index in [4.69, 9.17) is 16.3 Å². The number of hydrogen-bond acceptors (Lipinski definition) is 3. The molecule has 0 aromatic heterocycles. The summed E-state index contributed by atoms with van der Waals surface area (Å²) >= 11 is 7.49. The van der Waals surface area contributed by atoms with Crippen molar-refractivity contribution in [3.05, 3.63) is 28.8 Å². The van der Waals surface area contributed by atoms with Crippen LogP contribution < -0.4 is 4.74 Å². The Morgan fingerprint density at radius 3 is 3.18 bits per heavy atom. The number of rotatable bonds is 2. The lowest BCUT2D eigenvalue weighted by molar-refractivity contribution is -0.129. The number of hydrogen-bond donors (Lipinski definition) is 0. The molecular weight excluding hydrogens is 258 g/mol. The Kier molecular flexibility index (Phi) is 4.18. The summed E-state index contributed by atoms with van der Waals surface area (Å²) in [5.41, 5.74) is 0.976. The smallest absolute Gasteiger partial charge is 0.232 e. The van der Waals surface area contributed by atoms with Crippen molar-refractivity contribution in [3.8, 4) is 5.75 Å². The van der Waals surface area contributed by atoms with Crippen LogP contribution in [0, 0.1) is 0 Å². The molecular formula is C12H14ClNO2S. The molecule has 17 heavy (non-hydrogen) atoms. The number of benzene rings is 1. The average Bonchev–Trinajstić information content (AvgIpc) is 2.50. The van der Waals surface area contributed by atoms with Crippen LogP contribution in [0.5, 0.6) is 5.75 Å². The first-order valence-corrected chi connectivity index (χ1v) is 7.16. The molecule has 0 atom stereocenters. The highest BCUT2D eigenvalue weighted by Crippen LogP contribution is 2.26. The molecule has 3 nitrogen and oxygen atoms in total. The molecule has 1 aromatic carbocycles. The van der Waals surface area contributed by atoms with E-state index in [0.717, 1.165) is 11.3 Å². The van der Waals surface area contributed by atoms with Crippen LogP contribution in [0.4, 0.5) is 0 Å². The van der Waals surface area contributed by atoms with Crippen molar-refractivity contribution in [1.82, 2.24) is 4.90 Å². The van der Waals surface area contributed by atoms with Gasteiger partial charge >= 0.3 is 0 Å². The fraction of sp³-hybridized carbons (Fsp3) is 0.417. The summed E-state index contributed by atoms with van der Waals surface area (Å²) in [5, 5.41) is 0.673. The second-order valence-electron chi connectivity index (χ2n) is 3.85. The molecule has 1 heterocycles. The maximum absolute atomic E-state index is 11.9. The number of nitrogens with zero attached hydrogens (tertiary/aromatic N) is 1. The first-order valence-electron chi connectivity index (χ1n) is 5.38. The topological polar surface area (TPSA) is 29.5 Å².